The zero-order valence-corrected chi connectivity index (χ0v) is 44.5. The monoisotopic (exact) mass is 1060 g/mol. The van der Waals surface area contributed by atoms with E-state index in [0.717, 1.165) is 83.7 Å². The van der Waals surface area contributed by atoms with Gasteiger partial charge in [0.25, 0.3) is 0 Å². The van der Waals surface area contributed by atoms with E-state index in [1.807, 2.05) is 115 Å². The summed E-state index contributed by atoms with van der Waals surface area (Å²) in [6, 6.07) is 100. The van der Waals surface area contributed by atoms with Crippen molar-refractivity contribution in [2.45, 2.75) is 0 Å². The lowest BCUT2D eigenvalue weighted by Crippen LogP contribution is -2.09. The van der Waals surface area contributed by atoms with E-state index in [1.54, 1.807) is 24.3 Å². The Labute approximate surface area is 480 Å². The minimum atomic E-state index is 0.375. The molecule has 0 N–H and O–H groups in total. The van der Waals surface area contributed by atoms with Crippen LogP contribution >= 0.6 is 0 Å². The first-order chi connectivity index (χ1) is 40.9. The minimum absolute atomic E-state index is 0.375. The van der Waals surface area contributed by atoms with Crippen LogP contribution in [0.1, 0.15) is 22.3 Å². The Morgan fingerprint density at radius 3 is 1.13 bits per heavy atom. The predicted molar refractivity (Wildman–Crippen MR) is 332 cm³/mol. The van der Waals surface area contributed by atoms with Crippen LogP contribution in [0.15, 0.2) is 273 Å². The van der Waals surface area contributed by atoms with Crippen LogP contribution in [-0.4, -0.2) is 14.5 Å². The summed E-state index contributed by atoms with van der Waals surface area (Å²) in [5, 5.41) is 43.4. The fourth-order valence-corrected chi connectivity index (χ4v) is 11.0. The first kappa shape index (κ1) is 50.4. The van der Waals surface area contributed by atoms with E-state index in [1.165, 1.54) is 0 Å². The highest BCUT2D eigenvalue weighted by atomic mass is 15.1. The van der Waals surface area contributed by atoms with E-state index in [4.69, 9.17) is 9.97 Å². The molecule has 0 atom stereocenters. The lowest BCUT2D eigenvalue weighted by molar-refractivity contribution is 1.17. The molecule has 11 aromatic carbocycles. The summed E-state index contributed by atoms with van der Waals surface area (Å²) in [6.45, 7) is 0. The van der Waals surface area contributed by atoms with Crippen molar-refractivity contribution < 1.29 is 0 Å². The lowest BCUT2D eigenvalue weighted by atomic mass is 9.92. The number of aromatic nitrogens is 3. The standard InChI is InChI=1S/C74H45N9/c75-46-50-15-13-17-56(39-50)70-45-69(79-74(80-70)57-18-14-16-51(40-57)47-76)54-31-27-52(28-32-54)53-29-33-55(34-30-53)73-58(48-77)41-66(42-59(73)49-78)83-71-37-35-64(81(60-19-5-1-6-20-60)61-21-7-2-8-22-61)43-67(71)68-44-65(36-38-72(68)83)82(62-23-9-3-10-24-62)63-25-11-4-12-26-63/h1-45H. The fraction of sp³-hybridized carbons (Fsp3) is 0. The summed E-state index contributed by atoms with van der Waals surface area (Å²) in [5.41, 5.74) is 17.2. The summed E-state index contributed by atoms with van der Waals surface area (Å²) in [4.78, 5) is 14.4. The van der Waals surface area contributed by atoms with E-state index in [-0.39, 0.29) is 0 Å². The Kier molecular flexibility index (Phi) is 13.3. The number of hydrogen-bond acceptors (Lipinski definition) is 8. The number of fused-ring (bicyclic) bond motifs is 3. The summed E-state index contributed by atoms with van der Waals surface area (Å²) >= 11 is 0. The molecule has 0 radical (unpaired) electrons. The van der Waals surface area contributed by atoms with Crippen molar-refractivity contribution in [3.05, 3.63) is 295 Å². The third kappa shape index (κ3) is 9.73. The van der Waals surface area contributed by atoms with Crippen LogP contribution in [-0.2, 0) is 0 Å². The van der Waals surface area contributed by atoms with Gasteiger partial charge in [0.2, 0.25) is 0 Å². The largest absolute Gasteiger partial charge is 0.310 e. The molecular weight excluding hydrogens is 1010 g/mol. The minimum Gasteiger partial charge on any atom is -0.310 e. The van der Waals surface area contributed by atoms with Gasteiger partial charge in [-0.15, -0.1) is 0 Å². The van der Waals surface area contributed by atoms with Gasteiger partial charge in [0.15, 0.2) is 5.82 Å². The van der Waals surface area contributed by atoms with Crippen LogP contribution < -0.4 is 9.80 Å². The van der Waals surface area contributed by atoms with E-state index in [0.29, 0.717) is 56.3 Å². The molecule has 2 aromatic heterocycles. The average molecular weight is 1060 g/mol. The number of rotatable bonds is 12. The molecular formula is C74H45N9. The molecule has 0 aliphatic heterocycles. The first-order valence-electron chi connectivity index (χ1n) is 26.9. The number of benzene rings is 11. The molecule has 0 unspecified atom stereocenters. The molecule has 0 spiro atoms. The fourth-order valence-electron chi connectivity index (χ4n) is 11.0. The second-order valence-electron chi connectivity index (χ2n) is 19.9. The first-order valence-corrected chi connectivity index (χ1v) is 26.9. The van der Waals surface area contributed by atoms with Crippen molar-refractivity contribution in [3.63, 3.8) is 0 Å². The van der Waals surface area contributed by atoms with Gasteiger partial charge in [-0.2, -0.15) is 21.0 Å². The topological polar surface area (TPSA) is 132 Å². The van der Waals surface area contributed by atoms with Crippen LogP contribution in [0.4, 0.5) is 34.1 Å². The van der Waals surface area contributed by atoms with Gasteiger partial charge in [-0.25, -0.2) is 9.97 Å². The Morgan fingerprint density at radius 2 is 0.699 bits per heavy atom. The van der Waals surface area contributed by atoms with Gasteiger partial charge >= 0.3 is 0 Å². The maximum absolute atomic E-state index is 11.0. The molecule has 0 amide bonds. The van der Waals surface area contributed by atoms with Crippen LogP contribution in [0.2, 0.25) is 0 Å². The van der Waals surface area contributed by atoms with Crippen LogP contribution in [0.5, 0.6) is 0 Å². The SMILES string of the molecule is N#Cc1cccc(-c2cc(-c3ccc(-c4ccc(-c5c(C#N)cc(-n6c7ccc(N(c8ccccc8)c8ccccc8)cc7c7cc(N(c8ccccc8)c8ccccc8)ccc76)cc5C#N)cc4)cc3)nc(-c3cccc(C#N)c3)n2)c1. The molecule has 0 aliphatic carbocycles. The molecule has 13 rings (SSSR count). The number of hydrogen-bond donors (Lipinski definition) is 0. The van der Waals surface area contributed by atoms with Gasteiger partial charge < -0.3 is 14.4 Å². The highest BCUT2D eigenvalue weighted by Crippen LogP contribution is 2.44. The van der Waals surface area contributed by atoms with E-state index in [9.17, 15) is 21.0 Å². The molecule has 9 nitrogen and oxygen atoms in total. The molecule has 0 fully saturated rings. The molecule has 2 heterocycles. The quantitative estimate of drug-likeness (QED) is 0.118. The summed E-state index contributed by atoms with van der Waals surface area (Å²) in [5.74, 6) is 0.459. The second-order valence-corrected chi connectivity index (χ2v) is 19.9. The molecule has 0 aliphatic rings. The molecule has 9 heteroatoms. The molecule has 0 saturated carbocycles. The van der Waals surface area contributed by atoms with Gasteiger partial charge in [0.1, 0.15) is 0 Å². The Morgan fingerprint density at radius 1 is 0.301 bits per heavy atom. The van der Waals surface area contributed by atoms with Crippen LogP contribution in [0.25, 0.3) is 83.6 Å². The molecule has 0 bridgehead atoms. The summed E-state index contributed by atoms with van der Waals surface area (Å²) < 4.78 is 2.17. The Hall–Kier alpha value is -12.1. The van der Waals surface area contributed by atoms with Crippen molar-refractivity contribution in [1.29, 1.82) is 21.0 Å². The van der Waals surface area contributed by atoms with Gasteiger partial charge in [-0.3, -0.25) is 0 Å². The Balaban J connectivity index is 0.887. The maximum Gasteiger partial charge on any atom is 0.160 e. The molecule has 0 saturated heterocycles. The van der Waals surface area contributed by atoms with Crippen molar-refractivity contribution in [3.8, 4) is 86.1 Å². The third-order valence-corrected chi connectivity index (χ3v) is 14.9. The highest BCUT2D eigenvalue weighted by molar-refractivity contribution is 6.12. The average Bonchev–Trinajstić information content (AvgIpc) is 3.23. The Bertz CT molecular complexity index is 4430. The second kappa shape index (κ2) is 21.9. The van der Waals surface area contributed by atoms with E-state index < -0.39 is 0 Å². The maximum atomic E-state index is 11.0. The number of nitriles is 4. The van der Waals surface area contributed by atoms with Crippen LogP contribution in [0, 0.1) is 45.3 Å². The van der Waals surface area contributed by atoms with Gasteiger partial charge in [0.05, 0.1) is 69.0 Å². The number of nitrogens with zero attached hydrogens (tertiary/aromatic N) is 9. The molecule has 13 aromatic rings. The van der Waals surface area contributed by atoms with Crippen LogP contribution in [0.3, 0.4) is 0 Å². The third-order valence-electron chi connectivity index (χ3n) is 14.9. The summed E-state index contributed by atoms with van der Waals surface area (Å²) in [6.07, 6.45) is 0. The number of anilines is 6. The van der Waals surface area contributed by atoms with Gasteiger partial charge in [0, 0.05) is 72.8 Å². The molecule has 386 valence electrons. The van der Waals surface area contributed by atoms with Gasteiger partial charge in [-0.05, 0) is 144 Å². The van der Waals surface area contributed by atoms with Crippen molar-refractivity contribution >= 4 is 55.9 Å². The lowest BCUT2D eigenvalue weighted by Gasteiger charge is -2.26. The summed E-state index contributed by atoms with van der Waals surface area (Å²) in [7, 11) is 0. The zero-order chi connectivity index (χ0) is 56.2. The van der Waals surface area contributed by atoms with Gasteiger partial charge in [-0.1, -0.05) is 146 Å². The highest BCUT2D eigenvalue weighted by Gasteiger charge is 2.23. The van der Waals surface area contributed by atoms with E-state index >= 15 is 0 Å². The van der Waals surface area contributed by atoms with E-state index in [2.05, 4.69) is 172 Å². The zero-order valence-electron chi connectivity index (χ0n) is 44.5. The van der Waals surface area contributed by atoms with Crippen molar-refractivity contribution in [2.75, 3.05) is 9.80 Å². The smallest absolute Gasteiger partial charge is 0.160 e. The normalized spacial score (nSPS) is 10.8. The molecule has 83 heavy (non-hydrogen) atoms. The van der Waals surface area contributed by atoms with Crippen molar-refractivity contribution in [1.82, 2.24) is 14.5 Å². The number of para-hydroxylation sites is 4. The predicted octanol–water partition coefficient (Wildman–Crippen LogP) is 18.3. The van der Waals surface area contributed by atoms with Crippen molar-refractivity contribution in [2.24, 2.45) is 0 Å².